The SMILES string of the molecule is CCC(CC)(NCC(O)Cn1ccnc1)c1ccccc1. The molecule has 0 radical (unpaired) electrons. The van der Waals surface area contributed by atoms with Gasteiger partial charge in [-0.15, -0.1) is 0 Å². The Balaban J connectivity index is 2.00. The number of aliphatic hydroxyl groups excluding tert-OH is 1. The Bertz CT molecular complexity index is 506. The Kier molecular flexibility index (Phi) is 5.53. The van der Waals surface area contributed by atoms with E-state index in [4.69, 9.17) is 0 Å². The van der Waals surface area contributed by atoms with Gasteiger partial charge in [-0.25, -0.2) is 4.98 Å². The lowest BCUT2D eigenvalue weighted by Crippen LogP contribution is -2.45. The van der Waals surface area contributed by atoms with Gasteiger partial charge in [-0.05, 0) is 18.4 Å². The Hall–Kier alpha value is -1.65. The van der Waals surface area contributed by atoms with Gasteiger partial charge in [0.2, 0.25) is 0 Å². The van der Waals surface area contributed by atoms with Crippen molar-refractivity contribution in [2.45, 2.75) is 44.9 Å². The summed E-state index contributed by atoms with van der Waals surface area (Å²) in [4.78, 5) is 4.00. The van der Waals surface area contributed by atoms with Crippen molar-refractivity contribution < 1.29 is 5.11 Å². The third-order valence-electron chi connectivity index (χ3n) is 4.19. The van der Waals surface area contributed by atoms with Gasteiger partial charge >= 0.3 is 0 Å². The van der Waals surface area contributed by atoms with Crippen LogP contribution >= 0.6 is 0 Å². The fraction of sp³-hybridized carbons (Fsp3) is 0.471. The van der Waals surface area contributed by atoms with Crippen molar-refractivity contribution in [2.24, 2.45) is 0 Å². The molecule has 0 spiro atoms. The topological polar surface area (TPSA) is 50.1 Å². The summed E-state index contributed by atoms with van der Waals surface area (Å²) in [6.07, 6.45) is 6.88. The number of nitrogens with one attached hydrogen (secondary N) is 1. The average molecular weight is 287 g/mol. The highest BCUT2D eigenvalue weighted by Gasteiger charge is 2.28. The largest absolute Gasteiger partial charge is 0.390 e. The molecule has 114 valence electrons. The number of hydrogen-bond acceptors (Lipinski definition) is 3. The summed E-state index contributed by atoms with van der Waals surface area (Å²) in [6, 6.07) is 10.5. The maximum absolute atomic E-state index is 10.2. The van der Waals surface area contributed by atoms with Gasteiger partial charge in [-0.3, -0.25) is 0 Å². The molecule has 1 aromatic heterocycles. The average Bonchev–Trinajstić information content (AvgIpc) is 3.03. The van der Waals surface area contributed by atoms with Crippen LogP contribution in [0.5, 0.6) is 0 Å². The van der Waals surface area contributed by atoms with E-state index in [9.17, 15) is 5.11 Å². The highest BCUT2D eigenvalue weighted by atomic mass is 16.3. The minimum absolute atomic E-state index is 0.0722. The first-order valence-electron chi connectivity index (χ1n) is 7.64. The molecule has 0 saturated carbocycles. The lowest BCUT2D eigenvalue weighted by Gasteiger charge is -2.34. The van der Waals surface area contributed by atoms with E-state index < -0.39 is 6.10 Å². The van der Waals surface area contributed by atoms with E-state index in [0.717, 1.165) is 12.8 Å². The lowest BCUT2D eigenvalue weighted by molar-refractivity contribution is 0.133. The predicted molar refractivity (Wildman–Crippen MR) is 84.9 cm³/mol. The first-order valence-corrected chi connectivity index (χ1v) is 7.64. The summed E-state index contributed by atoms with van der Waals surface area (Å²) in [6.45, 7) is 5.50. The van der Waals surface area contributed by atoms with Crippen LogP contribution in [-0.4, -0.2) is 27.3 Å². The fourth-order valence-electron chi connectivity index (χ4n) is 2.78. The normalized spacial score (nSPS) is 13.3. The Labute approximate surface area is 126 Å². The van der Waals surface area contributed by atoms with Crippen molar-refractivity contribution in [3.8, 4) is 0 Å². The summed E-state index contributed by atoms with van der Waals surface area (Å²) in [5.74, 6) is 0. The molecule has 4 heteroatoms. The van der Waals surface area contributed by atoms with Crippen LogP contribution in [0.1, 0.15) is 32.3 Å². The summed E-state index contributed by atoms with van der Waals surface area (Å²) in [5, 5.41) is 13.8. The van der Waals surface area contributed by atoms with Crippen LogP contribution in [0, 0.1) is 0 Å². The second kappa shape index (κ2) is 7.38. The Morgan fingerprint density at radius 1 is 1.24 bits per heavy atom. The maximum atomic E-state index is 10.2. The van der Waals surface area contributed by atoms with Gasteiger partial charge in [0.15, 0.2) is 0 Å². The van der Waals surface area contributed by atoms with Gasteiger partial charge in [0.25, 0.3) is 0 Å². The lowest BCUT2D eigenvalue weighted by atomic mass is 9.84. The molecule has 1 heterocycles. The Morgan fingerprint density at radius 2 is 1.95 bits per heavy atom. The molecule has 0 amide bonds. The van der Waals surface area contributed by atoms with Crippen LogP contribution in [-0.2, 0) is 12.1 Å². The van der Waals surface area contributed by atoms with E-state index in [1.54, 1.807) is 12.5 Å². The number of aliphatic hydroxyl groups is 1. The monoisotopic (exact) mass is 287 g/mol. The molecular weight excluding hydrogens is 262 g/mol. The van der Waals surface area contributed by atoms with E-state index in [1.807, 2.05) is 16.8 Å². The van der Waals surface area contributed by atoms with Crippen LogP contribution in [0.2, 0.25) is 0 Å². The van der Waals surface area contributed by atoms with Gasteiger partial charge in [-0.2, -0.15) is 0 Å². The molecule has 4 nitrogen and oxygen atoms in total. The highest BCUT2D eigenvalue weighted by molar-refractivity contribution is 5.24. The number of nitrogens with zero attached hydrogens (tertiary/aromatic N) is 2. The number of imidazole rings is 1. The van der Waals surface area contributed by atoms with E-state index in [1.165, 1.54) is 5.56 Å². The molecule has 0 fully saturated rings. The van der Waals surface area contributed by atoms with E-state index in [0.29, 0.717) is 13.1 Å². The third kappa shape index (κ3) is 3.93. The molecule has 2 N–H and O–H groups in total. The quantitative estimate of drug-likeness (QED) is 0.784. The maximum Gasteiger partial charge on any atom is 0.0946 e. The molecule has 0 aliphatic heterocycles. The minimum atomic E-state index is -0.430. The molecule has 0 aliphatic rings. The van der Waals surface area contributed by atoms with Crippen LogP contribution in [0.25, 0.3) is 0 Å². The van der Waals surface area contributed by atoms with E-state index in [-0.39, 0.29) is 5.54 Å². The van der Waals surface area contributed by atoms with Crippen LogP contribution in [0.4, 0.5) is 0 Å². The molecule has 2 rings (SSSR count). The smallest absolute Gasteiger partial charge is 0.0946 e. The van der Waals surface area contributed by atoms with Crippen molar-refractivity contribution in [1.29, 1.82) is 0 Å². The molecule has 21 heavy (non-hydrogen) atoms. The van der Waals surface area contributed by atoms with Crippen LogP contribution < -0.4 is 5.32 Å². The molecule has 0 bridgehead atoms. The summed E-state index contributed by atoms with van der Waals surface area (Å²) in [5.41, 5.74) is 1.21. The van der Waals surface area contributed by atoms with Crippen LogP contribution in [0.15, 0.2) is 49.1 Å². The predicted octanol–water partition coefficient (Wildman–Crippen LogP) is 2.55. The van der Waals surface area contributed by atoms with E-state index in [2.05, 4.69) is 48.4 Å². The van der Waals surface area contributed by atoms with Crippen molar-refractivity contribution in [3.63, 3.8) is 0 Å². The zero-order valence-electron chi connectivity index (χ0n) is 12.9. The van der Waals surface area contributed by atoms with Gasteiger partial charge in [0.05, 0.1) is 19.0 Å². The molecule has 1 unspecified atom stereocenters. The van der Waals surface area contributed by atoms with Crippen molar-refractivity contribution >= 4 is 0 Å². The second-order valence-corrected chi connectivity index (χ2v) is 5.45. The fourth-order valence-corrected chi connectivity index (χ4v) is 2.78. The zero-order valence-corrected chi connectivity index (χ0v) is 12.9. The van der Waals surface area contributed by atoms with Gasteiger partial charge < -0.3 is 15.0 Å². The second-order valence-electron chi connectivity index (χ2n) is 5.45. The molecule has 2 aromatic rings. The molecule has 1 atom stereocenters. The molecular formula is C17H25N3O. The van der Waals surface area contributed by atoms with Crippen molar-refractivity contribution in [2.75, 3.05) is 6.54 Å². The number of benzene rings is 1. The summed E-state index contributed by atoms with van der Waals surface area (Å²) in [7, 11) is 0. The zero-order chi connectivity index (χ0) is 15.1. The molecule has 1 aromatic carbocycles. The van der Waals surface area contributed by atoms with Gasteiger partial charge in [0, 0.05) is 24.5 Å². The minimum Gasteiger partial charge on any atom is -0.390 e. The highest BCUT2D eigenvalue weighted by Crippen LogP contribution is 2.28. The summed E-state index contributed by atoms with van der Waals surface area (Å²) < 4.78 is 1.90. The number of rotatable bonds is 8. The molecule has 0 saturated heterocycles. The van der Waals surface area contributed by atoms with E-state index >= 15 is 0 Å². The van der Waals surface area contributed by atoms with Crippen LogP contribution in [0.3, 0.4) is 0 Å². The number of hydrogen-bond donors (Lipinski definition) is 2. The molecule has 0 aliphatic carbocycles. The Morgan fingerprint density at radius 3 is 2.52 bits per heavy atom. The standard InChI is InChI=1S/C17H25N3O/c1-3-17(4-2,15-8-6-5-7-9-15)19-12-16(21)13-20-11-10-18-14-20/h5-11,14,16,19,21H,3-4,12-13H2,1-2H3. The number of aromatic nitrogens is 2. The van der Waals surface area contributed by atoms with Gasteiger partial charge in [0.1, 0.15) is 0 Å². The van der Waals surface area contributed by atoms with Gasteiger partial charge in [-0.1, -0.05) is 44.2 Å². The first-order chi connectivity index (χ1) is 10.2. The third-order valence-corrected chi connectivity index (χ3v) is 4.19. The van der Waals surface area contributed by atoms with Crippen molar-refractivity contribution in [3.05, 3.63) is 54.6 Å². The first kappa shape index (κ1) is 15.7. The van der Waals surface area contributed by atoms with Crippen molar-refractivity contribution in [1.82, 2.24) is 14.9 Å². The summed E-state index contributed by atoms with van der Waals surface area (Å²) >= 11 is 0.